The first kappa shape index (κ1) is 18.3. The Morgan fingerprint density at radius 2 is 1.52 bits per heavy atom. The van der Waals surface area contributed by atoms with E-state index < -0.39 is 30.4 Å². The maximum atomic E-state index is 12.2. The Morgan fingerprint density at radius 3 is 2.07 bits per heavy atom. The van der Waals surface area contributed by atoms with Crippen LogP contribution in [0.15, 0.2) is 42.5 Å². The minimum Gasteiger partial charge on any atom is -0.442 e. The fourth-order valence-corrected chi connectivity index (χ4v) is 2.90. The van der Waals surface area contributed by atoms with Crippen LogP contribution in [0.2, 0.25) is 0 Å². The van der Waals surface area contributed by atoms with Gasteiger partial charge in [-0.2, -0.15) is 0 Å². The van der Waals surface area contributed by atoms with Crippen molar-refractivity contribution in [3.8, 4) is 0 Å². The molecule has 3 amide bonds. The quantitative estimate of drug-likeness (QED) is 0.644. The smallest absolute Gasteiger partial charge is 0.327 e. The van der Waals surface area contributed by atoms with E-state index in [1.54, 1.807) is 36.4 Å². The molecular formula is C20H18N2O5. The molecule has 0 radical (unpaired) electrons. The number of benzene rings is 2. The van der Waals surface area contributed by atoms with Crippen molar-refractivity contribution in [1.29, 1.82) is 0 Å². The second-order valence-corrected chi connectivity index (χ2v) is 6.29. The number of esters is 1. The Morgan fingerprint density at radius 1 is 0.963 bits per heavy atom. The number of carbonyl (C=O) groups is 4. The molecule has 0 fully saturated rings. The Labute approximate surface area is 155 Å². The fourth-order valence-electron chi connectivity index (χ4n) is 2.90. The van der Waals surface area contributed by atoms with E-state index in [0.717, 1.165) is 16.0 Å². The van der Waals surface area contributed by atoms with E-state index in [4.69, 9.17) is 4.74 Å². The molecule has 27 heavy (non-hydrogen) atoms. The van der Waals surface area contributed by atoms with Crippen LogP contribution >= 0.6 is 0 Å². The molecule has 0 bridgehead atoms. The van der Waals surface area contributed by atoms with Gasteiger partial charge in [-0.05, 0) is 38.1 Å². The Balaban J connectivity index is 1.53. The highest BCUT2D eigenvalue weighted by Gasteiger charge is 2.35. The normalized spacial score (nSPS) is 12.7. The predicted octanol–water partition coefficient (Wildman–Crippen LogP) is 1.83. The van der Waals surface area contributed by atoms with E-state index in [9.17, 15) is 19.2 Å². The Bertz CT molecular complexity index is 896. The van der Waals surface area contributed by atoms with Gasteiger partial charge in [-0.15, -0.1) is 0 Å². The number of nitrogens with zero attached hydrogens (tertiary/aromatic N) is 1. The molecular weight excluding hydrogens is 348 g/mol. The Kier molecular flexibility index (Phi) is 5.03. The van der Waals surface area contributed by atoms with Crippen LogP contribution in [0.4, 0.5) is 0 Å². The van der Waals surface area contributed by atoms with Crippen LogP contribution in [0.5, 0.6) is 0 Å². The van der Waals surface area contributed by atoms with E-state index in [-0.39, 0.29) is 17.7 Å². The molecule has 0 saturated carbocycles. The number of ether oxygens (including phenoxy) is 1. The van der Waals surface area contributed by atoms with E-state index in [0.29, 0.717) is 5.56 Å². The predicted molar refractivity (Wildman–Crippen MR) is 96.2 cm³/mol. The van der Waals surface area contributed by atoms with Gasteiger partial charge in [0.25, 0.3) is 17.7 Å². The maximum absolute atomic E-state index is 12.2. The molecule has 2 aromatic rings. The number of carbonyl (C=O) groups excluding carboxylic acids is 4. The number of hydrogen-bond donors (Lipinski definition) is 1. The molecule has 0 aliphatic carbocycles. The molecule has 0 aromatic heterocycles. The molecule has 3 rings (SSSR count). The lowest BCUT2D eigenvalue weighted by Crippen LogP contribution is -2.36. The van der Waals surface area contributed by atoms with Crippen LogP contribution in [0.3, 0.4) is 0 Å². The molecule has 138 valence electrons. The van der Waals surface area contributed by atoms with Gasteiger partial charge < -0.3 is 10.1 Å². The summed E-state index contributed by atoms with van der Waals surface area (Å²) in [5.41, 5.74) is 2.88. The van der Waals surface area contributed by atoms with Crippen LogP contribution in [-0.2, 0) is 9.53 Å². The van der Waals surface area contributed by atoms with E-state index in [1.807, 2.05) is 19.9 Å². The second kappa shape index (κ2) is 7.41. The molecule has 1 aliphatic rings. The minimum absolute atomic E-state index is 0.279. The van der Waals surface area contributed by atoms with Gasteiger partial charge in [-0.3, -0.25) is 19.2 Å². The summed E-state index contributed by atoms with van der Waals surface area (Å²) in [6.45, 7) is 2.89. The molecule has 7 heteroatoms. The third kappa shape index (κ3) is 3.87. The first-order chi connectivity index (χ1) is 12.9. The van der Waals surface area contributed by atoms with Crippen molar-refractivity contribution in [3.05, 3.63) is 70.3 Å². The van der Waals surface area contributed by atoms with Crippen molar-refractivity contribution in [2.24, 2.45) is 0 Å². The molecule has 0 atom stereocenters. The molecule has 2 aromatic carbocycles. The lowest BCUT2D eigenvalue weighted by Gasteiger charge is -2.14. The summed E-state index contributed by atoms with van der Waals surface area (Å²) in [5, 5.41) is 2.47. The van der Waals surface area contributed by atoms with Gasteiger partial charge in [-0.1, -0.05) is 29.3 Å². The number of aryl methyl sites for hydroxylation is 2. The number of rotatable bonds is 5. The van der Waals surface area contributed by atoms with Crippen molar-refractivity contribution in [2.45, 2.75) is 13.8 Å². The number of amides is 3. The summed E-state index contributed by atoms with van der Waals surface area (Å²) >= 11 is 0. The van der Waals surface area contributed by atoms with Gasteiger partial charge >= 0.3 is 5.97 Å². The minimum atomic E-state index is -0.746. The van der Waals surface area contributed by atoms with Gasteiger partial charge in [-0.25, -0.2) is 4.90 Å². The van der Waals surface area contributed by atoms with E-state index in [1.165, 1.54) is 0 Å². The highest BCUT2D eigenvalue weighted by molar-refractivity contribution is 6.21. The monoisotopic (exact) mass is 366 g/mol. The molecule has 0 unspecified atom stereocenters. The van der Waals surface area contributed by atoms with Crippen molar-refractivity contribution in [2.75, 3.05) is 13.3 Å². The second-order valence-electron chi connectivity index (χ2n) is 6.29. The lowest BCUT2D eigenvalue weighted by atomic mass is 10.1. The summed E-state index contributed by atoms with van der Waals surface area (Å²) in [6.07, 6.45) is 0. The van der Waals surface area contributed by atoms with Gasteiger partial charge in [0.1, 0.15) is 6.54 Å². The lowest BCUT2D eigenvalue weighted by molar-refractivity contribution is -0.145. The summed E-state index contributed by atoms with van der Waals surface area (Å²) in [5.74, 6) is -2.17. The third-order valence-corrected chi connectivity index (χ3v) is 4.11. The summed E-state index contributed by atoms with van der Waals surface area (Å²) in [6, 6.07) is 11.8. The van der Waals surface area contributed by atoms with Gasteiger partial charge in [0, 0.05) is 5.56 Å². The standard InChI is InChI=1S/C20H18N2O5/c1-12-7-13(2)9-14(8-12)18(24)21-10-17(23)27-11-22-19(25)15-5-3-4-6-16(15)20(22)26/h3-9H,10-11H2,1-2H3,(H,21,24). The van der Waals surface area contributed by atoms with Gasteiger partial charge in [0.2, 0.25) is 0 Å². The summed E-state index contributed by atoms with van der Waals surface area (Å²) in [7, 11) is 0. The Hall–Kier alpha value is -3.48. The van der Waals surface area contributed by atoms with Gasteiger partial charge in [0.15, 0.2) is 6.73 Å². The van der Waals surface area contributed by atoms with E-state index >= 15 is 0 Å². The number of nitrogens with one attached hydrogen (secondary N) is 1. The third-order valence-electron chi connectivity index (χ3n) is 4.11. The number of fused-ring (bicyclic) bond motifs is 1. The van der Waals surface area contributed by atoms with Crippen LogP contribution in [-0.4, -0.2) is 41.9 Å². The average molecular weight is 366 g/mol. The van der Waals surface area contributed by atoms with Crippen LogP contribution in [0.1, 0.15) is 42.2 Å². The zero-order chi connectivity index (χ0) is 19.6. The fraction of sp³-hybridized carbons (Fsp3) is 0.200. The molecule has 1 N–H and O–H groups in total. The topological polar surface area (TPSA) is 92.8 Å². The first-order valence-electron chi connectivity index (χ1n) is 8.34. The molecule has 1 aliphatic heterocycles. The van der Waals surface area contributed by atoms with Crippen molar-refractivity contribution in [3.63, 3.8) is 0 Å². The summed E-state index contributed by atoms with van der Waals surface area (Å²) in [4.78, 5) is 49.2. The number of hydrogen-bond acceptors (Lipinski definition) is 5. The average Bonchev–Trinajstić information content (AvgIpc) is 2.88. The molecule has 0 saturated heterocycles. The van der Waals surface area contributed by atoms with Crippen molar-refractivity contribution >= 4 is 23.7 Å². The van der Waals surface area contributed by atoms with Crippen LogP contribution in [0, 0.1) is 13.8 Å². The highest BCUT2D eigenvalue weighted by Crippen LogP contribution is 2.22. The molecule has 0 spiro atoms. The van der Waals surface area contributed by atoms with Crippen molar-refractivity contribution in [1.82, 2.24) is 10.2 Å². The zero-order valence-corrected chi connectivity index (χ0v) is 14.9. The SMILES string of the molecule is Cc1cc(C)cc(C(=O)NCC(=O)OCN2C(=O)c3ccccc3C2=O)c1. The largest absolute Gasteiger partial charge is 0.442 e. The highest BCUT2D eigenvalue weighted by atomic mass is 16.5. The number of imide groups is 1. The van der Waals surface area contributed by atoms with Gasteiger partial charge in [0.05, 0.1) is 11.1 Å². The first-order valence-corrected chi connectivity index (χ1v) is 8.34. The van der Waals surface area contributed by atoms with E-state index in [2.05, 4.69) is 5.32 Å². The molecule has 1 heterocycles. The van der Waals surface area contributed by atoms with Crippen LogP contribution in [0.25, 0.3) is 0 Å². The summed E-state index contributed by atoms with van der Waals surface area (Å²) < 4.78 is 4.96. The molecule has 7 nitrogen and oxygen atoms in total. The maximum Gasteiger partial charge on any atom is 0.327 e. The van der Waals surface area contributed by atoms with Crippen LogP contribution < -0.4 is 5.32 Å². The van der Waals surface area contributed by atoms with Crippen molar-refractivity contribution < 1.29 is 23.9 Å². The zero-order valence-electron chi connectivity index (χ0n) is 14.9.